The van der Waals surface area contributed by atoms with Gasteiger partial charge in [-0.15, -0.1) is 10.2 Å². The van der Waals surface area contributed by atoms with Crippen LogP contribution in [0.25, 0.3) is 0 Å². The van der Waals surface area contributed by atoms with Gasteiger partial charge < -0.3 is 9.88 Å². The van der Waals surface area contributed by atoms with E-state index in [2.05, 4.69) is 31.1 Å². The molecule has 0 spiro atoms. The maximum atomic E-state index is 8.95. The first-order valence-corrected chi connectivity index (χ1v) is 6.05. The quantitative estimate of drug-likeness (QED) is 0.775. The van der Waals surface area contributed by atoms with E-state index < -0.39 is 0 Å². The molecule has 1 aromatic heterocycles. The maximum absolute atomic E-state index is 8.95. The molecule has 0 aliphatic carbocycles. The first-order chi connectivity index (χ1) is 8.33. The summed E-state index contributed by atoms with van der Waals surface area (Å²) in [4.78, 5) is 2.33. The molecule has 2 rings (SSSR count). The molecule has 6 heteroatoms. The molecule has 0 amide bonds. The number of fused-ring (bicyclic) bond motifs is 1. The number of nitrogens with zero attached hydrogens (tertiary/aromatic N) is 5. The summed E-state index contributed by atoms with van der Waals surface area (Å²) in [6.07, 6.45) is 2.64. The number of nitriles is 1. The minimum absolute atomic E-state index is 0.0419. The van der Waals surface area contributed by atoms with Crippen molar-refractivity contribution in [2.45, 2.75) is 32.5 Å². The summed E-state index contributed by atoms with van der Waals surface area (Å²) in [7, 11) is 0. The summed E-state index contributed by atoms with van der Waals surface area (Å²) in [5, 5.41) is 20.1. The molecule has 1 aliphatic heterocycles. The zero-order valence-electron chi connectivity index (χ0n) is 10.1. The second-order valence-corrected chi connectivity index (χ2v) is 4.24. The van der Waals surface area contributed by atoms with E-state index in [0.29, 0.717) is 0 Å². The van der Waals surface area contributed by atoms with Crippen LogP contribution in [0.2, 0.25) is 0 Å². The Hall–Kier alpha value is -1.45. The van der Waals surface area contributed by atoms with Crippen LogP contribution in [0.3, 0.4) is 0 Å². The third-order valence-corrected chi connectivity index (χ3v) is 3.06. The summed E-state index contributed by atoms with van der Waals surface area (Å²) in [5.74, 6) is 1.02. The zero-order chi connectivity index (χ0) is 12.1. The van der Waals surface area contributed by atoms with Crippen LogP contribution in [0.1, 0.15) is 19.2 Å². The van der Waals surface area contributed by atoms with Crippen LogP contribution in [0.4, 0.5) is 0 Å². The second kappa shape index (κ2) is 5.75. The van der Waals surface area contributed by atoms with Crippen LogP contribution < -0.4 is 5.32 Å². The van der Waals surface area contributed by atoms with Crippen molar-refractivity contribution in [2.75, 3.05) is 19.6 Å². The third-order valence-electron chi connectivity index (χ3n) is 3.06. The topological polar surface area (TPSA) is 69.8 Å². The van der Waals surface area contributed by atoms with Gasteiger partial charge in [-0.3, -0.25) is 4.90 Å². The van der Waals surface area contributed by atoms with Gasteiger partial charge in [0.05, 0.1) is 18.7 Å². The van der Waals surface area contributed by atoms with E-state index in [1.54, 1.807) is 6.33 Å². The minimum atomic E-state index is -0.0419. The van der Waals surface area contributed by atoms with Crippen molar-refractivity contribution >= 4 is 0 Å². The fourth-order valence-corrected chi connectivity index (χ4v) is 2.08. The van der Waals surface area contributed by atoms with E-state index >= 15 is 0 Å². The van der Waals surface area contributed by atoms with E-state index in [4.69, 9.17) is 5.26 Å². The molecule has 0 fully saturated rings. The highest BCUT2D eigenvalue weighted by atomic mass is 15.3. The lowest BCUT2D eigenvalue weighted by molar-refractivity contribution is 0.210. The van der Waals surface area contributed by atoms with E-state index in [0.717, 1.165) is 45.0 Å². The largest absolute Gasteiger partial charge is 0.315 e. The highest BCUT2D eigenvalue weighted by Crippen LogP contribution is 2.09. The van der Waals surface area contributed by atoms with Crippen molar-refractivity contribution < 1.29 is 0 Å². The number of hydrogen-bond acceptors (Lipinski definition) is 5. The second-order valence-electron chi connectivity index (χ2n) is 4.24. The molecule has 0 radical (unpaired) electrons. The Kier molecular flexibility index (Phi) is 4.07. The molecular weight excluding hydrogens is 216 g/mol. The van der Waals surface area contributed by atoms with Crippen molar-refractivity contribution in [3.05, 3.63) is 12.2 Å². The molecule has 1 atom stereocenters. The smallest absolute Gasteiger partial charge is 0.147 e. The highest BCUT2D eigenvalue weighted by Gasteiger charge is 2.18. The predicted octanol–water partition coefficient (Wildman–Crippen LogP) is -0.0145. The summed E-state index contributed by atoms with van der Waals surface area (Å²) >= 11 is 0. The Morgan fingerprint density at radius 3 is 3.24 bits per heavy atom. The van der Waals surface area contributed by atoms with Gasteiger partial charge in [0, 0.05) is 19.6 Å². The molecule has 0 aromatic carbocycles. The van der Waals surface area contributed by atoms with Crippen molar-refractivity contribution in [3.8, 4) is 6.07 Å². The first-order valence-electron chi connectivity index (χ1n) is 6.05. The van der Waals surface area contributed by atoms with E-state index in [9.17, 15) is 0 Å². The van der Waals surface area contributed by atoms with Gasteiger partial charge in [-0.05, 0) is 13.0 Å². The van der Waals surface area contributed by atoms with Gasteiger partial charge in [-0.25, -0.2) is 0 Å². The van der Waals surface area contributed by atoms with Gasteiger partial charge in [-0.2, -0.15) is 5.26 Å². The lowest BCUT2D eigenvalue weighted by Crippen LogP contribution is -2.37. The van der Waals surface area contributed by atoms with Gasteiger partial charge in [0.15, 0.2) is 0 Å². The number of aromatic nitrogens is 3. The lowest BCUT2D eigenvalue weighted by Gasteiger charge is -2.27. The monoisotopic (exact) mass is 234 g/mol. The predicted molar refractivity (Wildman–Crippen MR) is 63.0 cm³/mol. The fraction of sp³-hybridized carbons (Fsp3) is 0.727. The van der Waals surface area contributed by atoms with Crippen LogP contribution in [0.15, 0.2) is 6.33 Å². The van der Waals surface area contributed by atoms with E-state index in [1.165, 1.54) is 0 Å². The number of nitrogens with one attached hydrogen (secondary N) is 1. The van der Waals surface area contributed by atoms with Crippen molar-refractivity contribution in [3.63, 3.8) is 0 Å². The molecular formula is C11H18N6. The third kappa shape index (κ3) is 3.02. The Labute approximate surface area is 101 Å². The van der Waals surface area contributed by atoms with Gasteiger partial charge in [0.1, 0.15) is 12.2 Å². The molecule has 1 unspecified atom stereocenters. The van der Waals surface area contributed by atoms with Gasteiger partial charge >= 0.3 is 0 Å². The maximum Gasteiger partial charge on any atom is 0.147 e. The summed E-state index contributed by atoms with van der Waals surface area (Å²) in [6, 6.07) is 2.24. The Morgan fingerprint density at radius 1 is 1.59 bits per heavy atom. The summed E-state index contributed by atoms with van der Waals surface area (Å²) in [6.45, 7) is 6.58. The average molecular weight is 234 g/mol. The Bertz CT molecular complexity index is 393. The first kappa shape index (κ1) is 12.0. The Morgan fingerprint density at radius 2 is 2.47 bits per heavy atom. The molecule has 1 aliphatic rings. The minimum Gasteiger partial charge on any atom is -0.315 e. The SMILES string of the molecule is CCNC(C#N)CCN1CCn2cnnc2C1. The van der Waals surface area contributed by atoms with Gasteiger partial charge in [-0.1, -0.05) is 6.92 Å². The van der Waals surface area contributed by atoms with Crippen LogP contribution in [0, 0.1) is 11.3 Å². The average Bonchev–Trinajstić information content (AvgIpc) is 2.81. The van der Waals surface area contributed by atoms with Crippen molar-refractivity contribution in [1.29, 1.82) is 5.26 Å². The zero-order valence-corrected chi connectivity index (χ0v) is 10.1. The normalized spacial score (nSPS) is 17.4. The van der Waals surface area contributed by atoms with E-state index in [-0.39, 0.29) is 6.04 Å². The molecule has 17 heavy (non-hydrogen) atoms. The standard InChI is InChI=1S/C11H18N6/c1-2-13-10(7-12)3-4-16-5-6-17-9-14-15-11(17)8-16/h9-10,13H,2-6,8H2,1H3. The van der Waals surface area contributed by atoms with Crippen molar-refractivity contribution in [2.24, 2.45) is 0 Å². The van der Waals surface area contributed by atoms with Crippen LogP contribution in [0.5, 0.6) is 0 Å². The number of hydrogen-bond donors (Lipinski definition) is 1. The molecule has 0 saturated heterocycles. The van der Waals surface area contributed by atoms with Gasteiger partial charge in [0.2, 0.25) is 0 Å². The van der Waals surface area contributed by atoms with E-state index in [1.807, 2.05) is 6.92 Å². The molecule has 2 heterocycles. The number of rotatable bonds is 5. The molecule has 0 bridgehead atoms. The molecule has 1 aromatic rings. The molecule has 92 valence electrons. The van der Waals surface area contributed by atoms with Gasteiger partial charge in [0.25, 0.3) is 0 Å². The highest BCUT2D eigenvalue weighted by molar-refractivity contribution is 4.93. The Balaban J connectivity index is 1.80. The van der Waals surface area contributed by atoms with Crippen molar-refractivity contribution in [1.82, 2.24) is 25.0 Å². The lowest BCUT2D eigenvalue weighted by atomic mass is 10.2. The fourth-order valence-electron chi connectivity index (χ4n) is 2.08. The van der Waals surface area contributed by atoms with Crippen LogP contribution in [-0.4, -0.2) is 45.3 Å². The molecule has 0 saturated carbocycles. The van der Waals surface area contributed by atoms with Crippen LogP contribution in [-0.2, 0) is 13.1 Å². The molecule has 6 nitrogen and oxygen atoms in total. The summed E-state index contributed by atoms with van der Waals surface area (Å²) < 4.78 is 2.09. The summed E-state index contributed by atoms with van der Waals surface area (Å²) in [5.41, 5.74) is 0. The van der Waals surface area contributed by atoms with Crippen LogP contribution >= 0.6 is 0 Å². The molecule has 1 N–H and O–H groups in total.